The van der Waals surface area contributed by atoms with Crippen LogP contribution < -0.4 is 10.2 Å². The number of thioether (sulfide) groups is 1. The van der Waals surface area contributed by atoms with Crippen molar-refractivity contribution in [2.45, 2.75) is 36.2 Å². The molecule has 1 fully saturated rings. The van der Waals surface area contributed by atoms with Crippen LogP contribution in [0.2, 0.25) is 0 Å². The van der Waals surface area contributed by atoms with Crippen LogP contribution in [0.1, 0.15) is 46.2 Å². The third-order valence-corrected chi connectivity index (χ3v) is 7.65. The second-order valence-corrected chi connectivity index (χ2v) is 10.1. The van der Waals surface area contributed by atoms with E-state index in [9.17, 15) is 14.0 Å². The van der Waals surface area contributed by atoms with Gasteiger partial charge in [0.2, 0.25) is 5.91 Å². The number of amides is 2. The minimum Gasteiger partial charge on any atom is -0.342 e. The first-order valence-corrected chi connectivity index (χ1v) is 13.5. The van der Waals surface area contributed by atoms with E-state index in [0.717, 1.165) is 17.7 Å². The number of carbonyl (C=O) groups excluding carboxylic acids is 2. The normalized spacial score (nSPS) is 14.1. The van der Waals surface area contributed by atoms with Crippen molar-refractivity contribution in [3.8, 4) is 0 Å². The van der Waals surface area contributed by atoms with E-state index < -0.39 is 6.04 Å². The number of anilines is 1. The average Bonchev–Trinajstić information content (AvgIpc) is 3.53. The largest absolute Gasteiger partial charge is 0.342 e. The number of hydrogen-bond acceptors (Lipinski definition) is 5. The van der Waals surface area contributed by atoms with E-state index in [-0.39, 0.29) is 17.6 Å². The minimum absolute atomic E-state index is 0.0732. The summed E-state index contributed by atoms with van der Waals surface area (Å²) in [5.41, 5.74) is 2.83. The van der Waals surface area contributed by atoms with E-state index in [0.29, 0.717) is 47.2 Å². The van der Waals surface area contributed by atoms with Gasteiger partial charge in [-0.2, -0.15) is 0 Å². The summed E-state index contributed by atoms with van der Waals surface area (Å²) in [4.78, 5) is 27.3. The number of hydrogen-bond donors (Lipinski definition) is 1. The van der Waals surface area contributed by atoms with Crippen LogP contribution in [0.25, 0.3) is 0 Å². The molecular weight excluding hydrogens is 501 g/mol. The third-order valence-electron chi connectivity index (χ3n) is 6.58. The number of rotatable bonds is 9. The fraction of sp³-hybridized carbons (Fsp3) is 0.241. The van der Waals surface area contributed by atoms with Gasteiger partial charge in [-0.1, -0.05) is 66.4 Å². The summed E-state index contributed by atoms with van der Waals surface area (Å²) in [6, 6.07) is 23.2. The van der Waals surface area contributed by atoms with Gasteiger partial charge in [-0.3, -0.25) is 9.59 Å². The van der Waals surface area contributed by atoms with Gasteiger partial charge in [-0.05, 0) is 48.2 Å². The maximum atomic E-state index is 14.1. The van der Waals surface area contributed by atoms with Gasteiger partial charge in [0.25, 0.3) is 5.91 Å². The van der Waals surface area contributed by atoms with Crippen LogP contribution >= 0.6 is 11.8 Å². The molecule has 38 heavy (non-hydrogen) atoms. The van der Waals surface area contributed by atoms with Crippen molar-refractivity contribution in [2.75, 3.05) is 11.4 Å². The maximum Gasteiger partial charge on any atom is 0.251 e. The van der Waals surface area contributed by atoms with E-state index in [2.05, 4.69) is 15.5 Å². The van der Waals surface area contributed by atoms with Gasteiger partial charge in [0.1, 0.15) is 5.82 Å². The number of nitrogens with one attached hydrogen (secondary N) is 1. The molecule has 1 saturated heterocycles. The molecular formula is C29H28FN5O2S. The van der Waals surface area contributed by atoms with Crippen LogP contribution in [0.3, 0.4) is 0 Å². The lowest BCUT2D eigenvalue weighted by Gasteiger charge is -2.20. The van der Waals surface area contributed by atoms with E-state index in [1.807, 2.05) is 48.0 Å². The summed E-state index contributed by atoms with van der Waals surface area (Å²) in [7, 11) is 1.85. The van der Waals surface area contributed by atoms with Gasteiger partial charge in [-0.15, -0.1) is 10.2 Å². The Morgan fingerprint density at radius 2 is 1.84 bits per heavy atom. The number of aromatic nitrogens is 3. The molecule has 1 aromatic heterocycles. The van der Waals surface area contributed by atoms with Gasteiger partial charge < -0.3 is 14.8 Å². The second-order valence-electron chi connectivity index (χ2n) is 9.19. The van der Waals surface area contributed by atoms with E-state index in [4.69, 9.17) is 0 Å². The van der Waals surface area contributed by atoms with Crippen LogP contribution in [-0.2, 0) is 24.0 Å². The van der Waals surface area contributed by atoms with Gasteiger partial charge in [0.05, 0.1) is 6.04 Å². The molecule has 4 aromatic rings. The molecule has 2 amide bonds. The molecule has 0 spiro atoms. The molecule has 1 N–H and O–H groups in total. The minimum atomic E-state index is -0.456. The Balaban J connectivity index is 1.37. The number of carbonyl (C=O) groups is 2. The zero-order valence-corrected chi connectivity index (χ0v) is 21.8. The van der Waals surface area contributed by atoms with Crippen LogP contribution in [0.5, 0.6) is 0 Å². The van der Waals surface area contributed by atoms with Gasteiger partial charge in [0.15, 0.2) is 11.0 Å². The van der Waals surface area contributed by atoms with Crippen molar-refractivity contribution in [2.24, 2.45) is 7.05 Å². The van der Waals surface area contributed by atoms with Crippen LogP contribution in [0, 0.1) is 5.82 Å². The van der Waals surface area contributed by atoms with Crippen molar-refractivity contribution >= 4 is 29.3 Å². The molecule has 9 heteroatoms. The number of nitrogens with zero attached hydrogens (tertiary/aromatic N) is 4. The maximum absolute atomic E-state index is 14.1. The third kappa shape index (κ3) is 5.78. The van der Waals surface area contributed by atoms with Crippen LogP contribution in [0.4, 0.5) is 10.1 Å². The fourth-order valence-corrected chi connectivity index (χ4v) is 5.45. The first-order chi connectivity index (χ1) is 18.5. The molecule has 5 rings (SSSR count). The second kappa shape index (κ2) is 11.6. The van der Waals surface area contributed by atoms with Crippen molar-refractivity contribution in [3.05, 3.63) is 107 Å². The Morgan fingerprint density at radius 1 is 1.05 bits per heavy atom. The summed E-state index contributed by atoms with van der Waals surface area (Å²) < 4.78 is 15.9. The monoisotopic (exact) mass is 529 g/mol. The summed E-state index contributed by atoms with van der Waals surface area (Å²) in [5, 5.41) is 12.5. The Bertz CT molecular complexity index is 1440. The lowest BCUT2D eigenvalue weighted by molar-refractivity contribution is -0.117. The molecule has 1 atom stereocenters. The molecule has 0 radical (unpaired) electrons. The smallest absolute Gasteiger partial charge is 0.251 e. The number of halogens is 1. The lowest BCUT2D eigenvalue weighted by Crippen LogP contribution is -2.32. The first-order valence-electron chi connectivity index (χ1n) is 12.5. The topological polar surface area (TPSA) is 80.1 Å². The Labute approximate surface area is 225 Å². The molecule has 194 valence electrons. The summed E-state index contributed by atoms with van der Waals surface area (Å²) in [6.07, 6.45) is 1.86. The summed E-state index contributed by atoms with van der Waals surface area (Å²) in [5.74, 6) is 0.571. The van der Waals surface area contributed by atoms with Gasteiger partial charge in [0, 0.05) is 37.0 Å². The Hall–Kier alpha value is -3.98. The Morgan fingerprint density at radius 3 is 2.61 bits per heavy atom. The molecule has 0 aliphatic carbocycles. The predicted octanol–water partition coefficient (Wildman–Crippen LogP) is 5.09. The van der Waals surface area contributed by atoms with Gasteiger partial charge in [-0.25, -0.2) is 4.39 Å². The van der Waals surface area contributed by atoms with Crippen molar-refractivity contribution in [1.29, 1.82) is 0 Å². The quantitative estimate of drug-likeness (QED) is 0.306. The predicted molar refractivity (Wildman–Crippen MR) is 145 cm³/mol. The molecule has 0 bridgehead atoms. The van der Waals surface area contributed by atoms with Crippen molar-refractivity contribution < 1.29 is 14.0 Å². The lowest BCUT2D eigenvalue weighted by atomic mass is 10.0. The SMILES string of the molecule is Cn1c(SCc2ccccc2F)nnc1C(Cc1ccccc1)NC(=O)c1cccc(N2CCCC2=O)c1. The molecule has 1 aliphatic rings. The average molecular weight is 530 g/mol. The van der Waals surface area contributed by atoms with Crippen LogP contribution in [-0.4, -0.2) is 33.1 Å². The summed E-state index contributed by atoms with van der Waals surface area (Å²) in [6.45, 7) is 0.660. The van der Waals surface area contributed by atoms with Crippen molar-refractivity contribution in [1.82, 2.24) is 20.1 Å². The molecule has 1 aliphatic heterocycles. The molecule has 3 aromatic carbocycles. The zero-order valence-electron chi connectivity index (χ0n) is 21.0. The highest BCUT2D eigenvalue weighted by atomic mass is 32.2. The standard InChI is InChI=1S/C29H28FN5O2S/c1-34-27(32-33-29(34)38-19-22-11-5-6-14-24(22)30)25(17-20-9-3-2-4-10-20)31-28(37)21-12-7-13-23(18-21)35-16-8-15-26(35)36/h2-7,9-14,18,25H,8,15-17,19H2,1H3,(H,31,37). The van der Waals surface area contributed by atoms with Crippen molar-refractivity contribution in [3.63, 3.8) is 0 Å². The first kappa shape index (κ1) is 25.7. The van der Waals surface area contributed by atoms with E-state index >= 15 is 0 Å². The molecule has 7 nitrogen and oxygen atoms in total. The highest BCUT2D eigenvalue weighted by Crippen LogP contribution is 2.27. The highest BCUT2D eigenvalue weighted by molar-refractivity contribution is 7.98. The fourth-order valence-electron chi connectivity index (χ4n) is 4.55. The van der Waals surface area contributed by atoms with Gasteiger partial charge >= 0.3 is 0 Å². The summed E-state index contributed by atoms with van der Waals surface area (Å²) >= 11 is 1.39. The molecule has 1 unspecified atom stereocenters. The molecule has 0 saturated carbocycles. The molecule has 2 heterocycles. The number of benzene rings is 3. The van der Waals surface area contributed by atoms with E-state index in [1.54, 1.807) is 41.3 Å². The zero-order chi connectivity index (χ0) is 26.5. The van der Waals surface area contributed by atoms with E-state index in [1.165, 1.54) is 17.8 Å². The van der Waals surface area contributed by atoms with Crippen LogP contribution in [0.15, 0.2) is 84.0 Å². The Kier molecular flexibility index (Phi) is 7.83. The highest BCUT2D eigenvalue weighted by Gasteiger charge is 2.25.